The molecule has 0 bridgehead atoms. The van der Waals surface area contributed by atoms with Gasteiger partial charge in [-0.15, -0.1) is 0 Å². The molecule has 0 aliphatic carbocycles. The first-order chi connectivity index (χ1) is 8.61. The molecule has 6 nitrogen and oxygen atoms in total. The number of nitrogens with one attached hydrogen (secondary N) is 2. The first-order valence-electron chi connectivity index (χ1n) is 6.22. The average Bonchev–Trinajstić information content (AvgIpc) is 2.47. The highest BCUT2D eigenvalue weighted by atomic mass is 79.9. The lowest BCUT2D eigenvalue weighted by Gasteiger charge is -2.35. The van der Waals surface area contributed by atoms with Crippen molar-refractivity contribution in [2.45, 2.75) is 51.2 Å². The fraction of sp³-hybridized carbons (Fsp3) is 0.833. The molecule has 0 spiro atoms. The monoisotopic (exact) mass is 335 g/mol. The molecule has 1 heterocycles. The second-order valence-corrected chi connectivity index (χ2v) is 6.57. The van der Waals surface area contributed by atoms with Gasteiger partial charge in [-0.3, -0.25) is 9.59 Å². The number of rotatable bonds is 4. The molecular formula is C12H22BrN3O3. The van der Waals surface area contributed by atoms with E-state index in [1.165, 1.54) is 5.06 Å². The van der Waals surface area contributed by atoms with E-state index >= 15 is 0 Å². The highest BCUT2D eigenvalue weighted by Gasteiger charge is 2.51. The molecule has 1 saturated heterocycles. The first-order valence-corrected chi connectivity index (χ1v) is 7.34. The minimum Gasteiger partial charge on any atom is -0.350 e. The Morgan fingerprint density at radius 3 is 2.32 bits per heavy atom. The van der Waals surface area contributed by atoms with Crippen LogP contribution in [-0.4, -0.2) is 51.1 Å². The van der Waals surface area contributed by atoms with Crippen LogP contribution in [0.15, 0.2) is 0 Å². The number of halogens is 1. The second-order valence-electron chi connectivity index (χ2n) is 6.01. The van der Waals surface area contributed by atoms with Crippen molar-refractivity contribution in [3.05, 3.63) is 0 Å². The van der Waals surface area contributed by atoms with Crippen molar-refractivity contribution >= 4 is 27.7 Å². The summed E-state index contributed by atoms with van der Waals surface area (Å²) in [5.74, 6) is -0.483. The molecule has 0 saturated carbocycles. The third kappa shape index (κ3) is 3.67. The van der Waals surface area contributed by atoms with Gasteiger partial charge < -0.3 is 15.8 Å². The van der Waals surface area contributed by atoms with Crippen LogP contribution in [0, 0.1) is 0 Å². The number of hydroxylamine groups is 2. The summed E-state index contributed by atoms with van der Waals surface area (Å²) in [6.07, 6.45) is 0.647. The van der Waals surface area contributed by atoms with Gasteiger partial charge in [0.15, 0.2) is 0 Å². The molecule has 19 heavy (non-hydrogen) atoms. The summed E-state index contributed by atoms with van der Waals surface area (Å²) in [5.41, 5.74) is -0.931. The van der Waals surface area contributed by atoms with Crippen LogP contribution in [0.3, 0.4) is 0 Å². The summed E-state index contributed by atoms with van der Waals surface area (Å²) in [7, 11) is 0. The van der Waals surface area contributed by atoms with Crippen LogP contribution < -0.4 is 10.6 Å². The Morgan fingerprint density at radius 2 is 1.89 bits per heavy atom. The molecular weight excluding hydrogens is 314 g/mol. The van der Waals surface area contributed by atoms with Gasteiger partial charge in [0.05, 0.1) is 23.5 Å². The average molecular weight is 336 g/mol. The van der Waals surface area contributed by atoms with Crippen LogP contribution in [0.5, 0.6) is 0 Å². The molecule has 3 N–H and O–H groups in total. The fourth-order valence-electron chi connectivity index (χ4n) is 2.46. The minimum atomic E-state index is -0.543. The van der Waals surface area contributed by atoms with Crippen LogP contribution in [0.4, 0.5) is 0 Å². The predicted molar refractivity (Wildman–Crippen MR) is 75.1 cm³/mol. The summed E-state index contributed by atoms with van der Waals surface area (Å²) in [6.45, 7) is 7.55. The Balaban J connectivity index is 2.58. The summed E-state index contributed by atoms with van der Waals surface area (Å²) < 4.78 is 0. The van der Waals surface area contributed by atoms with Gasteiger partial charge in [-0.1, -0.05) is 15.9 Å². The lowest BCUT2D eigenvalue weighted by atomic mass is 9.94. The molecule has 1 unspecified atom stereocenters. The van der Waals surface area contributed by atoms with Crippen molar-refractivity contribution < 1.29 is 14.8 Å². The number of nitrogens with zero attached hydrogens (tertiary/aromatic N) is 1. The van der Waals surface area contributed by atoms with E-state index < -0.39 is 5.54 Å². The highest BCUT2D eigenvalue weighted by Crippen LogP contribution is 2.38. The maximum atomic E-state index is 11.8. The third-order valence-electron chi connectivity index (χ3n) is 3.58. The number of hydrogen-bond donors (Lipinski definition) is 3. The van der Waals surface area contributed by atoms with E-state index in [4.69, 9.17) is 0 Å². The Hall–Kier alpha value is -0.660. The predicted octanol–water partition coefficient (Wildman–Crippen LogP) is 0.634. The number of hydrogen-bond acceptors (Lipinski definition) is 4. The molecule has 2 amide bonds. The van der Waals surface area contributed by atoms with E-state index in [1.807, 2.05) is 27.7 Å². The Morgan fingerprint density at radius 1 is 1.32 bits per heavy atom. The Kier molecular flexibility index (Phi) is 4.97. The maximum absolute atomic E-state index is 11.8. The van der Waals surface area contributed by atoms with Crippen LogP contribution in [-0.2, 0) is 9.59 Å². The van der Waals surface area contributed by atoms with Crippen LogP contribution in [0.1, 0.15) is 34.1 Å². The Bertz CT molecular complexity index is 371. The number of carbonyl (C=O) groups excluding carboxylic acids is 2. The van der Waals surface area contributed by atoms with Crippen molar-refractivity contribution in [3.63, 3.8) is 0 Å². The smallest absolute Gasteiger partial charge is 0.239 e. The van der Waals surface area contributed by atoms with E-state index in [1.54, 1.807) is 0 Å². The normalized spacial score (nSPS) is 25.1. The molecule has 7 heteroatoms. The maximum Gasteiger partial charge on any atom is 0.239 e. The van der Waals surface area contributed by atoms with Gasteiger partial charge in [-0.2, -0.15) is 5.06 Å². The SMILES string of the molecule is CC1(C)CC(NC(=O)CNC(=O)CBr)C(C)(C)N1O. The van der Waals surface area contributed by atoms with Gasteiger partial charge in [-0.05, 0) is 34.1 Å². The van der Waals surface area contributed by atoms with Gasteiger partial charge in [0.2, 0.25) is 11.8 Å². The van der Waals surface area contributed by atoms with Gasteiger partial charge in [-0.25, -0.2) is 0 Å². The first kappa shape index (κ1) is 16.4. The fourth-order valence-corrected chi connectivity index (χ4v) is 2.66. The zero-order valence-electron chi connectivity index (χ0n) is 11.8. The van der Waals surface area contributed by atoms with Gasteiger partial charge >= 0.3 is 0 Å². The van der Waals surface area contributed by atoms with Gasteiger partial charge in [0, 0.05) is 5.54 Å². The molecule has 1 aliphatic heterocycles. The zero-order chi connectivity index (χ0) is 14.8. The summed E-state index contributed by atoms with van der Waals surface area (Å²) >= 11 is 3.01. The third-order valence-corrected chi connectivity index (χ3v) is 4.09. The van der Waals surface area contributed by atoms with Gasteiger partial charge in [0.1, 0.15) is 0 Å². The molecule has 1 aliphatic rings. The van der Waals surface area contributed by atoms with Crippen molar-refractivity contribution in [2.75, 3.05) is 11.9 Å². The molecule has 110 valence electrons. The van der Waals surface area contributed by atoms with Crippen molar-refractivity contribution in [1.82, 2.24) is 15.7 Å². The van der Waals surface area contributed by atoms with E-state index in [2.05, 4.69) is 26.6 Å². The quantitative estimate of drug-likeness (QED) is 0.658. The lowest BCUT2D eigenvalue weighted by Crippen LogP contribution is -2.54. The number of alkyl halides is 1. The summed E-state index contributed by atoms with van der Waals surface area (Å²) in [5, 5.41) is 17.0. The zero-order valence-corrected chi connectivity index (χ0v) is 13.4. The highest BCUT2D eigenvalue weighted by molar-refractivity contribution is 9.09. The summed E-state index contributed by atoms with van der Waals surface area (Å²) in [4.78, 5) is 22.8. The molecule has 0 aromatic rings. The van der Waals surface area contributed by atoms with Crippen LogP contribution in [0.25, 0.3) is 0 Å². The van der Waals surface area contributed by atoms with E-state index in [9.17, 15) is 14.8 Å². The molecule has 0 radical (unpaired) electrons. The molecule has 1 rings (SSSR count). The lowest BCUT2D eigenvalue weighted by molar-refractivity contribution is -0.194. The largest absolute Gasteiger partial charge is 0.350 e. The van der Waals surface area contributed by atoms with Crippen LogP contribution >= 0.6 is 15.9 Å². The molecule has 0 aromatic heterocycles. The molecule has 0 aromatic carbocycles. The van der Waals surface area contributed by atoms with Gasteiger partial charge in [0.25, 0.3) is 0 Å². The topological polar surface area (TPSA) is 81.7 Å². The Labute approximate surface area is 122 Å². The van der Waals surface area contributed by atoms with Crippen molar-refractivity contribution in [3.8, 4) is 0 Å². The summed E-state index contributed by atoms with van der Waals surface area (Å²) in [6, 6.07) is -0.166. The van der Waals surface area contributed by atoms with Crippen molar-refractivity contribution in [2.24, 2.45) is 0 Å². The van der Waals surface area contributed by atoms with E-state index in [-0.39, 0.29) is 35.3 Å². The van der Waals surface area contributed by atoms with Crippen molar-refractivity contribution in [1.29, 1.82) is 0 Å². The van der Waals surface area contributed by atoms with Crippen LogP contribution in [0.2, 0.25) is 0 Å². The van der Waals surface area contributed by atoms with E-state index in [0.717, 1.165) is 0 Å². The second kappa shape index (κ2) is 5.76. The standard InChI is InChI=1S/C12H22BrN3O3/c1-11(2)5-8(12(3,4)16(11)19)15-10(18)7-14-9(17)6-13/h8,19H,5-7H2,1-4H3,(H,14,17)(H,15,18). The minimum absolute atomic E-state index is 0.0527. The number of carbonyl (C=O) groups is 2. The molecule has 1 atom stereocenters. The van der Waals surface area contributed by atoms with E-state index in [0.29, 0.717) is 6.42 Å². The molecule has 1 fully saturated rings. The number of amides is 2.